The van der Waals surface area contributed by atoms with Crippen LogP contribution in [-0.2, 0) is 6.61 Å². The molecule has 0 fully saturated rings. The van der Waals surface area contributed by atoms with E-state index in [1.165, 1.54) is 18.2 Å². The van der Waals surface area contributed by atoms with E-state index in [9.17, 15) is 9.18 Å². The number of hydrogen-bond donors (Lipinski definition) is 1. The molecule has 0 bridgehead atoms. The molecule has 0 saturated heterocycles. The summed E-state index contributed by atoms with van der Waals surface area (Å²) in [7, 11) is 0. The number of benzene rings is 1. The fourth-order valence-electron chi connectivity index (χ4n) is 1.47. The van der Waals surface area contributed by atoms with E-state index in [2.05, 4.69) is 0 Å². The number of aromatic carboxylic acids is 1. The van der Waals surface area contributed by atoms with E-state index in [1.54, 1.807) is 5.38 Å². The Hall–Kier alpha value is -2.39. The van der Waals surface area contributed by atoms with Gasteiger partial charge >= 0.3 is 5.97 Å². The molecule has 0 aliphatic carbocycles. The van der Waals surface area contributed by atoms with Crippen LogP contribution in [0.15, 0.2) is 29.6 Å². The summed E-state index contributed by atoms with van der Waals surface area (Å²) in [5, 5.41) is 19.0. The van der Waals surface area contributed by atoms with Crippen LogP contribution in [0.1, 0.15) is 20.8 Å². The standard InChI is InChI=1S/C13H8FNO3S/c14-10-2-8(5-15)1-9(3-10)6-18-11-4-12(13(16)17)19-7-11/h1-4,7H,6H2,(H,16,17). The van der Waals surface area contributed by atoms with E-state index in [0.29, 0.717) is 11.3 Å². The SMILES string of the molecule is N#Cc1cc(F)cc(COc2csc(C(=O)O)c2)c1. The van der Waals surface area contributed by atoms with Gasteiger partial charge in [-0.1, -0.05) is 0 Å². The second-order valence-electron chi connectivity index (χ2n) is 3.70. The van der Waals surface area contributed by atoms with Crippen molar-refractivity contribution in [3.8, 4) is 11.8 Å². The summed E-state index contributed by atoms with van der Waals surface area (Å²) in [4.78, 5) is 10.9. The van der Waals surface area contributed by atoms with Gasteiger partial charge in [0, 0.05) is 11.4 Å². The Kier molecular flexibility index (Phi) is 3.78. The molecule has 2 aromatic rings. The molecule has 4 nitrogen and oxygen atoms in total. The average molecular weight is 277 g/mol. The highest BCUT2D eigenvalue weighted by Crippen LogP contribution is 2.22. The number of hydrogen-bond acceptors (Lipinski definition) is 4. The Morgan fingerprint density at radius 2 is 2.21 bits per heavy atom. The minimum atomic E-state index is -1.02. The van der Waals surface area contributed by atoms with Crippen LogP contribution in [0.25, 0.3) is 0 Å². The number of carboxylic acids is 1. The molecule has 0 spiro atoms. The number of carbonyl (C=O) groups is 1. The van der Waals surface area contributed by atoms with Gasteiger partial charge in [-0.15, -0.1) is 11.3 Å². The van der Waals surface area contributed by atoms with Gasteiger partial charge in [0.1, 0.15) is 23.1 Å². The van der Waals surface area contributed by atoms with Gasteiger partial charge < -0.3 is 9.84 Å². The number of halogens is 1. The summed E-state index contributed by atoms with van der Waals surface area (Å²) in [5.74, 6) is -1.11. The number of nitrogens with zero attached hydrogens (tertiary/aromatic N) is 1. The maximum Gasteiger partial charge on any atom is 0.346 e. The van der Waals surface area contributed by atoms with Crippen molar-refractivity contribution in [2.75, 3.05) is 0 Å². The molecule has 6 heteroatoms. The van der Waals surface area contributed by atoms with Crippen molar-refractivity contribution in [3.05, 3.63) is 51.5 Å². The van der Waals surface area contributed by atoms with Gasteiger partial charge in [0.25, 0.3) is 0 Å². The summed E-state index contributed by atoms with van der Waals surface area (Å²) in [6.07, 6.45) is 0. The van der Waals surface area contributed by atoms with Crippen LogP contribution in [0.4, 0.5) is 4.39 Å². The third kappa shape index (κ3) is 3.30. The average Bonchev–Trinajstić information content (AvgIpc) is 2.84. The van der Waals surface area contributed by atoms with Crippen LogP contribution in [-0.4, -0.2) is 11.1 Å². The predicted octanol–water partition coefficient (Wildman–Crippen LogP) is 3.04. The highest BCUT2D eigenvalue weighted by molar-refractivity contribution is 7.12. The van der Waals surface area contributed by atoms with Crippen LogP contribution >= 0.6 is 11.3 Å². The Labute approximate surface area is 112 Å². The van der Waals surface area contributed by atoms with Gasteiger partial charge in [-0.25, -0.2) is 9.18 Å². The highest BCUT2D eigenvalue weighted by Gasteiger charge is 2.08. The molecule has 1 N–H and O–H groups in total. The monoisotopic (exact) mass is 277 g/mol. The molecule has 0 amide bonds. The molecule has 1 heterocycles. The second kappa shape index (κ2) is 5.50. The number of carboxylic acid groups (broad SMARTS) is 1. The van der Waals surface area contributed by atoms with Crippen molar-refractivity contribution < 1.29 is 19.0 Å². The molecule has 0 atom stereocenters. The van der Waals surface area contributed by atoms with E-state index >= 15 is 0 Å². The summed E-state index contributed by atoms with van der Waals surface area (Å²) >= 11 is 1.05. The van der Waals surface area contributed by atoms with Crippen LogP contribution in [0.3, 0.4) is 0 Å². The molecule has 2 rings (SSSR count). The molecule has 19 heavy (non-hydrogen) atoms. The van der Waals surface area contributed by atoms with Gasteiger partial charge in [-0.3, -0.25) is 0 Å². The lowest BCUT2D eigenvalue weighted by molar-refractivity contribution is 0.0702. The number of rotatable bonds is 4. The van der Waals surface area contributed by atoms with Gasteiger partial charge in [0.05, 0.1) is 11.6 Å². The molecule has 0 saturated carbocycles. The molecule has 0 aliphatic heterocycles. The predicted molar refractivity (Wildman–Crippen MR) is 66.7 cm³/mol. The number of nitriles is 1. The topological polar surface area (TPSA) is 70.3 Å². The summed E-state index contributed by atoms with van der Waals surface area (Å²) in [6.45, 7) is 0.0717. The Morgan fingerprint density at radius 3 is 2.84 bits per heavy atom. The first-order valence-electron chi connectivity index (χ1n) is 5.22. The molecule has 1 aromatic heterocycles. The molecule has 1 aromatic carbocycles. The van der Waals surface area contributed by atoms with Crippen LogP contribution in [0.2, 0.25) is 0 Å². The lowest BCUT2D eigenvalue weighted by Crippen LogP contribution is -1.96. The first-order chi connectivity index (χ1) is 9.08. The van der Waals surface area contributed by atoms with Crippen molar-refractivity contribution in [2.45, 2.75) is 6.61 Å². The van der Waals surface area contributed by atoms with E-state index in [0.717, 1.165) is 17.4 Å². The summed E-state index contributed by atoms with van der Waals surface area (Å²) < 4.78 is 18.5. The lowest BCUT2D eigenvalue weighted by atomic mass is 10.1. The maximum atomic E-state index is 13.2. The zero-order valence-corrected chi connectivity index (χ0v) is 10.4. The number of ether oxygens (including phenoxy) is 1. The van der Waals surface area contributed by atoms with Crippen LogP contribution in [0.5, 0.6) is 5.75 Å². The Morgan fingerprint density at radius 1 is 1.42 bits per heavy atom. The largest absolute Gasteiger partial charge is 0.488 e. The van der Waals surface area contributed by atoms with Gasteiger partial charge in [-0.2, -0.15) is 5.26 Å². The highest BCUT2D eigenvalue weighted by atomic mass is 32.1. The molecule has 0 unspecified atom stereocenters. The number of thiophene rings is 1. The third-order valence-electron chi connectivity index (χ3n) is 2.28. The smallest absolute Gasteiger partial charge is 0.346 e. The second-order valence-corrected chi connectivity index (χ2v) is 4.61. The Bertz CT molecular complexity index is 660. The Balaban J connectivity index is 2.08. The minimum Gasteiger partial charge on any atom is -0.488 e. The van der Waals surface area contributed by atoms with E-state index in [-0.39, 0.29) is 17.0 Å². The van der Waals surface area contributed by atoms with Crippen LogP contribution in [0, 0.1) is 17.1 Å². The van der Waals surface area contributed by atoms with Crippen molar-refractivity contribution in [3.63, 3.8) is 0 Å². The van der Waals surface area contributed by atoms with Crippen molar-refractivity contribution in [1.29, 1.82) is 5.26 Å². The van der Waals surface area contributed by atoms with Gasteiger partial charge in [0.2, 0.25) is 0 Å². The zero-order valence-electron chi connectivity index (χ0n) is 9.59. The fourth-order valence-corrected chi connectivity index (χ4v) is 2.14. The first kappa shape index (κ1) is 13.1. The summed E-state index contributed by atoms with van der Waals surface area (Å²) in [6, 6.07) is 7.18. The lowest BCUT2D eigenvalue weighted by Gasteiger charge is -2.04. The molecule has 96 valence electrons. The van der Waals surface area contributed by atoms with Crippen LogP contribution < -0.4 is 4.74 Å². The summed E-state index contributed by atoms with van der Waals surface area (Å²) in [5.41, 5.74) is 0.731. The zero-order chi connectivity index (χ0) is 13.8. The van der Waals surface area contributed by atoms with Crippen molar-refractivity contribution >= 4 is 17.3 Å². The molecular formula is C13H8FNO3S. The van der Waals surface area contributed by atoms with E-state index in [1.807, 2.05) is 6.07 Å². The minimum absolute atomic E-state index is 0.0717. The third-order valence-corrected chi connectivity index (χ3v) is 3.17. The van der Waals surface area contributed by atoms with Crippen molar-refractivity contribution in [2.24, 2.45) is 0 Å². The molecule has 0 radical (unpaired) electrons. The molecular weight excluding hydrogens is 269 g/mol. The van der Waals surface area contributed by atoms with Gasteiger partial charge in [0.15, 0.2) is 0 Å². The quantitative estimate of drug-likeness (QED) is 0.932. The fraction of sp³-hybridized carbons (Fsp3) is 0.0769. The van der Waals surface area contributed by atoms with Crippen molar-refractivity contribution in [1.82, 2.24) is 0 Å². The first-order valence-corrected chi connectivity index (χ1v) is 6.10. The van der Waals surface area contributed by atoms with E-state index in [4.69, 9.17) is 15.1 Å². The molecule has 0 aliphatic rings. The normalized spacial score (nSPS) is 9.89. The maximum absolute atomic E-state index is 13.2. The van der Waals surface area contributed by atoms with E-state index < -0.39 is 11.8 Å². The van der Waals surface area contributed by atoms with Gasteiger partial charge in [-0.05, 0) is 23.8 Å².